The second kappa shape index (κ2) is 12.8. The molecule has 0 unspecified atom stereocenters. The fourth-order valence-electron chi connectivity index (χ4n) is 7.17. The van der Waals surface area contributed by atoms with Crippen LogP contribution in [0.2, 0.25) is 0 Å². The van der Waals surface area contributed by atoms with Gasteiger partial charge in [0.05, 0.1) is 11.0 Å². The lowest BCUT2D eigenvalue weighted by atomic mass is 9.97. The van der Waals surface area contributed by atoms with Crippen LogP contribution in [0.5, 0.6) is 0 Å². The molecule has 0 bridgehead atoms. The van der Waals surface area contributed by atoms with Crippen molar-refractivity contribution in [2.24, 2.45) is 0 Å². The van der Waals surface area contributed by atoms with Crippen LogP contribution in [-0.4, -0.2) is 4.57 Å². The Kier molecular flexibility index (Phi) is 7.53. The van der Waals surface area contributed by atoms with Crippen LogP contribution in [0.4, 0.5) is 17.1 Å². The summed E-state index contributed by atoms with van der Waals surface area (Å²) in [5, 5.41) is 2.52. The highest BCUT2D eigenvalue weighted by Gasteiger charge is 2.16. The van der Waals surface area contributed by atoms with E-state index in [1.54, 1.807) is 0 Å². The van der Waals surface area contributed by atoms with Crippen molar-refractivity contribution in [2.75, 3.05) is 4.90 Å². The summed E-state index contributed by atoms with van der Waals surface area (Å²) in [7, 11) is 0. The van der Waals surface area contributed by atoms with E-state index in [2.05, 4.69) is 216 Å². The van der Waals surface area contributed by atoms with E-state index in [0.717, 1.165) is 22.7 Å². The van der Waals surface area contributed by atoms with Crippen molar-refractivity contribution < 1.29 is 0 Å². The summed E-state index contributed by atoms with van der Waals surface area (Å²) >= 11 is 0. The fourth-order valence-corrected chi connectivity index (χ4v) is 7.17. The normalized spacial score (nSPS) is 11.2. The number of para-hydroxylation sites is 3. The molecule has 0 saturated carbocycles. The third-order valence-electron chi connectivity index (χ3n) is 9.57. The Labute approximate surface area is 292 Å². The summed E-state index contributed by atoms with van der Waals surface area (Å²) in [6, 6.07) is 74.0. The standard InChI is InChI=1S/C48H34N2/c1-4-14-35(15-5-1)37-24-28-42(29-25-37)49(41-18-8-3-9-19-41)43-30-26-38(27-31-43)40-32-39(36-16-6-2-7-17-36)33-44(34-40)50-47-22-12-10-20-45(47)46-21-11-13-23-48(46)50/h1-34H. The summed E-state index contributed by atoms with van der Waals surface area (Å²) in [4.78, 5) is 2.32. The van der Waals surface area contributed by atoms with Crippen LogP contribution in [0, 0.1) is 0 Å². The Balaban J connectivity index is 1.16. The maximum absolute atomic E-state index is 2.41. The molecule has 0 aliphatic rings. The summed E-state index contributed by atoms with van der Waals surface area (Å²) in [5.74, 6) is 0. The lowest BCUT2D eigenvalue weighted by molar-refractivity contribution is 1.18. The lowest BCUT2D eigenvalue weighted by Gasteiger charge is -2.26. The van der Waals surface area contributed by atoms with Crippen molar-refractivity contribution in [3.8, 4) is 39.1 Å². The predicted octanol–water partition coefficient (Wildman–Crippen LogP) is 13.3. The van der Waals surface area contributed by atoms with Crippen LogP contribution in [0.1, 0.15) is 0 Å². The topological polar surface area (TPSA) is 8.17 Å². The Morgan fingerprint density at radius 2 is 0.640 bits per heavy atom. The molecular weight excluding hydrogens is 605 g/mol. The smallest absolute Gasteiger partial charge is 0.0541 e. The van der Waals surface area contributed by atoms with E-state index < -0.39 is 0 Å². The zero-order valence-corrected chi connectivity index (χ0v) is 27.5. The van der Waals surface area contributed by atoms with Gasteiger partial charge in [0, 0.05) is 33.5 Å². The highest BCUT2D eigenvalue weighted by molar-refractivity contribution is 6.09. The molecule has 9 aromatic rings. The number of aromatic nitrogens is 1. The molecule has 0 fully saturated rings. The summed E-state index contributed by atoms with van der Waals surface area (Å²) < 4.78 is 2.41. The summed E-state index contributed by atoms with van der Waals surface area (Å²) in [5.41, 5.74) is 14.0. The molecule has 2 nitrogen and oxygen atoms in total. The molecule has 0 atom stereocenters. The summed E-state index contributed by atoms with van der Waals surface area (Å²) in [6.07, 6.45) is 0. The molecule has 1 heterocycles. The zero-order chi connectivity index (χ0) is 33.3. The van der Waals surface area contributed by atoms with Gasteiger partial charge in [0.25, 0.3) is 0 Å². The minimum atomic E-state index is 1.11. The minimum Gasteiger partial charge on any atom is -0.311 e. The highest BCUT2D eigenvalue weighted by atomic mass is 15.1. The number of rotatable bonds is 7. The largest absolute Gasteiger partial charge is 0.311 e. The molecule has 0 spiro atoms. The van der Waals surface area contributed by atoms with Crippen LogP contribution in [0.15, 0.2) is 206 Å². The first kappa shape index (κ1) is 29.5. The van der Waals surface area contributed by atoms with E-state index in [1.165, 1.54) is 55.2 Å². The van der Waals surface area contributed by atoms with Crippen molar-refractivity contribution >= 4 is 38.9 Å². The van der Waals surface area contributed by atoms with Crippen molar-refractivity contribution in [1.29, 1.82) is 0 Å². The van der Waals surface area contributed by atoms with Crippen molar-refractivity contribution in [3.05, 3.63) is 206 Å². The predicted molar refractivity (Wildman–Crippen MR) is 212 cm³/mol. The van der Waals surface area contributed by atoms with Gasteiger partial charge in [-0.15, -0.1) is 0 Å². The van der Waals surface area contributed by atoms with Gasteiger partial charge in [0.15, 0.2) is 0 Å². The average Bonchev–Trinajstić information content (AvgIpc) is 3.54. The van der Waals surface area contributed by atoms with Crippen molar-refractivity contribution in [2.45, 2.75) is 0 Å². The first-order valence-electron chi connectivity index (χ1n) is 17.1. The third-order valence-corrected chi connectivity index (χ3v) is 9.57. The molecule has 50 heavy (non-hydrogen) atoms. The van der Waals surface area contributed by atoms with Crippen molar-refractivity contribution in [3.63, 3.8) is 0 Å². The first-order chi connectivity index (χ1) is 24.8. The fraction of sp³-hybridized carbons (Fsp3) is 0. The van der Waals surface area contributed by atoms with E-state index in [1.807, 2.05) is 0 Å². The molecule has 0 amide bonds. The second-order valence-electron chi connectivity index (χ2n) is 12.6. The molecule has 8 aromatic carbocycles. The lowest BCUT2D eigenvalue weighted by Crippen LogP contribution is -2.09. The van der Waals surface area contributed by atoms with Crippen LogP contribution < -0.4 is 4.90 Å². The molecule has 0 N–H and O–H groups in total. The zero-order valence-electron chi connectivity index (χ0n) is 27.5. The van der Waals surface area contributed by atoms with Crippen LogP contribution in [0.25, 0.3) is 60.9 Å². The molecule has 236 valence electrons. The monoisotopic (exact) mass is 638 g/mol. The Morgan fingerprint density at radius 3 is 1.14 bits per heavy atom. The van der Waals surface area contributed by atoms with E-state index in [4.69, 9.17) is 0 Å². The van der Waals surface area contributed by atoms with E-state index in [0.29, 0.717) is 0 Å². The van der Waals surface area contributed by atoms with Crippen LogP contribution >= 0.6 is 0 Å². The molecule has 1 aromatic heterocycles. The Bertz CT molecular complexity index is 2500. The first-order valence-corrected chi connectivity index (χ1v) is 17.1. The van der Waals surface area contributed by atoms with Gasteiger partial charge in [-0.1, -0.05) is 140 Å². The van der Waals surface area contributed by atoms with Gasteiger partial charge in [-0.2, -0.15) is 0 Å². The molecule has 9 rings (SSSR count). The molecule has 0 saturated heterocycles. The number of fused-ring (bicyclic) bond motifs is 3. The van der Waals surface area contributed by atoms with Crippen LogP contribution in [0.3, 0.4) is 0 Å². The molecule has 0 aliphatic carbocycles. The van der Waals surface area contributed by atoms with Gasteiger partial charge < -0.3 is 9.47 Å². The highest BCUT2D eigenvalue weighted by Crippen LogP contribution is 2.39. The van der Waals surface area contributed by atoms with E-state index in [-0.39, 0.29) is 0 Å². The minimum absolute atomic E-state index is 1.11. The number of hydrogen-bond acceptors (Lipinski definition) is 1. The Morgan fingerprint density at radius 1 is 0.280 bits per heavy atom. The molecular formula is C48H34N2. The van der Waals surface area contributed by atoms with Gasteiger partial charge in [0.2, 0.25) is 0 Å². The van der Waals surface area contributed by atoms with Gasteiger partial charge in [-0.25, -0.2) is 0 Å². The van der Waals surface area contributed by atoms with Gasteiger partial charge >= 0.3 is 0 Å². The average molecular weight is 639 g/mol. The Hall–Kier alpha value is -6.64. The maximum atomic E-state index is 2.41. The quantitative estimate of drug-likeness (QED) is 0.169. The SMILES string of the molecule is c1ccc(-c2ccc(N(c3ccccc3)c3ccc(-c4cc(-c5ccccc5)cc(-n5c6ccccc6c6ccccc65)c4)cc3)cc2)cc1. The number of anilines is 3. The van der Waals surface area contributed by atoms with E-state index >= 15 is 0 Å². The van der Waals surface area contributed by atoms with Gasteiger partial charge in [-0.05, 0) is 100 Å². The van der Waals surface area contributed by atoms with Crippen molar-refractivity contribution in [1.82, 2.24) is 4.57 Å². The van der Waals surface area contributed by atoms with Crippen LogP contribution in [-0.2, 0) is 0 Å². The maximum Gasteiger partial charge on any atom is 0.0541 e. The molecule has 0 aliphatic heterocycles. The molecule has 0 radical (unpaired) electrons. The van der Waals surface area contributed by atoms with Gasteiger partial charge in [-0.3, -0.25) is 0 Å². The molecule has 2 heteroatoms. The number of benzene rings is 8. The third kappa shape index (κ3) is 5.43. The number of hydrogen-bond donors (Lipinski definition) is 0. The number of nitrogens with zero attached hydrogens (tertiary/aromatic N) is 2. The van der Waals surface area contributed by atoms with E-state index in [9.17, 15) is 0 Å². The van der Waals surface area contributed by atoms with Gasteiger partial charge in [0.1, 0.15) is 0 Å². The second-order valence-corrected chi connectivity index (χ2v) is 12.6. The summed E-state index contributed by atoms with van der Waals surface area (Å²) in [6.45, 7) is 0.